The maximum absolute atomic E-state index is 12.6. The molecule has 0 atom stereocenters. The van der Waals surface area contributed by atoms with Gasteiger partial charge in [0.15, 0.2) is 0 Å². The lowest BCUT2D eigenvalue weighted by Crippen LogP contribution is -2.08. The average Bonchev–Trinajstić information content (AvgIpc) is 2.55. The number of hydrogen-bond donors (Lipinski definition) is 0. The maximum atomic E-state index is 12.6. The number of hydrogen-bond acceptors (Lipinski definition) is 5. The Morgan fingerprint density at radius 3 is 2.12 bits per heavy atom. The van der Waals surface area contributed by atoms with Crippen molar-refractivity contribution in [1.29, 1.82) is 0 Å². The molecule has 0 aliphatic carbocycles. The molecule has 120 valence electrons. The number of nitrogens with zero attached hydrogens (tertiary/aromatic N) is 3. The molecule has 1 aromatic heterocycles. The van der Waals surface area contributed by atoms with Crippen LogP contribution in [0.5, 0.6) is 0 Å². The predicted molar refractivity (Wildman–Crippen MR) is 90.8 cm³/mol. The highest BCUT2D eigenvalue weighted by Gasteiger charge is 2.17. The zero-order valence-electron chi connectivity index (χ0n) is 12.3. The van der Waals surface area contributed by atoms with Crippen molar-refractivity contribution in [3.05, 3.63) is 73.5 Å². The van der Waals surface area contributed by atoms with Gasteiger partial charge in [0.1, 0.15) is 5.69 Å². The Balaban J connectivity index is 2.07. The van der Waals surface area contributed by atoms with E-state index in [1.54, 1.807) is 13.0 Å². The van der Waals surface area contributed by atoms with E-state index in [1.165, 1.54) is 30.3 Å². The molecule has 0 aliphatic rings. The van der Waals surface area contributed by atoms with E-state index < -0.39 is 4.92 Å². The summed E-state index contributed by atoms with van der Waals surface area (Å²) in [4.78, 5) is 31.4. The molecule has 0 aliphatic heterocycles. The van der Waals surface area contributed by atoms with E-state index in [1.807, 2.05) is 0 Å². The number of rotatable bonds is 3. The van der Waals surface area contributed by atoms with Crippen LogP contribution in [0.2, 0.25) is 10.0 Å². The van der Waals surface area contributed by atoms with Crippen LogP contribution < -0.4 is 0 Å². The highest BCUT2D eigenvalue weighted by Crippen LogP contribution is 2.27. The zero-order valence-corrected chi connectivity index (χ0v) is 13.8. The van der Waals surface area contributed by atoms with Crippen molar-refractivity contribution in [1.82, 2.24) is 9.97 Å². The Morgan fingerprint density at radius 1 is 1.04 bits per heavy atom. The number of nitro benzene ring substituents is 1. The molecule has 6 nitrogen and oxygen atoms in total. The van der Waals surface area contributed by atoms with E-state index in [-0.39, 0.29) is 22.7 Å². The molecule has 0 spiro atoms. The van der Waals surface area contributed by atoms with Crippen LogP contribution in [0.1, 0.15) is 21.7 Å². The third-order valence-electron chi connectivity index (χ3n) is 3.44. The molecule has 3 rings (SSSR count). The van der Waals surface area contributed by atoms with Crippen molar-refractivity contribution in [3.8, 4) is 0 Å². The lowest BCUT2D eigenvalue weighted by molar-refractivity contribution is -0.384. The summed E-state index contributed by atoms with van der Waals surface area (Å²) < 4.78 is 0. The molecule has 0 saturated heterocycles. The number of ketones is 1. The van der Waals surface area contributed by atoms with Gasteiger partial charge < -0.3 is 0 Å². The minimum Gasteiger partial charge on any atom is -0.287 e. The highest BCUT2D eigenvalue weighted by molar-refractivity contribution is 6.42. The zero-order chi connectivity index (χ0) is 17.4. The number of carbonyl (C=O) groups excluding carboxylic acids is 1. The molecule has 8 heteroatoms. The molecule has 0 radical (unpaired) electrons. The van der Waals surface area contributed by atoms with E-state index in [2.05, 4.69) is 9.97 Å². The molecule has 24 heavy (non-hydrogen) atoms. The first-order chi connectivity index (χ1) is 11.4. The van der Waals surface area contributed by atoms with Gasteiger partial charge in [-0.3, -0.25) is 14.9 Å². The van der Waals surface area contributed by atoms with Crippen LogP contribution in [-0.4, -0.2) is 20.7 Å². The molecular weight excluding hydrogens is 353 g/mol. The molecule has 0 N–H and O–H groups in total. The second kappa shape index (κ2) is 6.14. The van der Waals surface area contributed by atoms with E-state index in [9.17, 15) is 14.9 Å². The number of carbonyl (C=O) groups is 1. The van der Waals surface area contributed by atoms with Crippen molar-refractivity contribution in [2.75, 3.05) is 0 Å². The maximum Gasteiger partial charge on any atom is 0.269 e. The van der Waals surface area contributed by atoms with Crippen LogP contribution in [0.3, 0.4) is 0 Å². The summed E-state index contributed by atoms with van der Waals surface area (Å²) in [5.74, 6) is -0.372. The van der Waals surface area contributed by atoms with Gasteiger partial charge in [0, 0.05) is 17.7 Å². The number of non-ortho nitro benzene ring substituents is 1. The lowest BCUT2D eigenvalue weighted by atomic mass is 10.1. The first-order valence-electron chi connectivity index (χ1n) is 6.79. The number of aromatic nitrogens is 2. The lowest BCUT2D eigenvalue weighted by Gasteiger charge is -2.07. The van der Waals surface area contributed by atoms with Crippen LogP contribution in [-0.2, 0) is 0 Å². The molecule has 0 amide bonds. The normalized spacial score (nSPS) is 10.8. The second-order valence-corrected chi connectivity index (χ2v) is 5.86. The smallest absolute Gasteiger partial charge is 0.269 e. The van der Waals surface area contributed by atoms with Gasteiger partial charge in [0.25, 0.3) is 5.69 Å². The van der Waals surface area contributed by atoms with Gasteiger partial charge in [-0.05, 0) is 31.2 Å². The first kappa shape index (κ1) is 16.3. The van der Waals surface area contributed by atoms with Crippen LogP contribution >= 0.6 is 23.2 Å². The SMILES string of the molecule is Cc1nc2cc(Cl)c(Cl)cc2nc1C(=O)c1ccc([N+](=O)[O-])cc1. The van der Waals surface area contributed by atoms with Gasteiger partial charge in [-0.15, -0.1) is 0 Å². The molecular formula is C16H9Cl2N3O3. The Hall–Kier alpha value is -2.57. The van der Waals surface area contributed by atoms with Crippen molar-refractivity contribution in [2.24, 2.45) is 0 Å². The van der Waals surface area contributed by atoms with Gasteiger partial charge in [-0.2, -0.15) is 0 Å². The average molecular weight is 362 g/mol. The fraction of sp³-hybridized carbons (Fsp3) is 0.0625. The van der Waals surface area contributed by atoms with Gasteiger partial charge >= 0.3 is 0 Å². The highest BCUT2D eigenvalue weighted by atomic mass is 35.5. The Bertz CT molecular complexity index is 988. The fourth-order valence-corrected chi connectivity index (χ4v) is 2.54. The summed E-state index contributed by atoms with van der Waals surface area (Å²) >= 11 is 11.9. The molecule has 0 saturated carbocycles. The topological polar surface area (TPSA) is 86.0 Å². The summed E-state index contributed by atoms with van der Waals surface area (Å²) in [6, 6.07) is 8.44. The van der Waals surface area contributed by atoms with Gasteiger partial charge in [0.2, 0.25) is 5.78 Å². The number of benzene rings is 2. The first-order valence-corrected chi connectivity index (χ1v) is 7.55. The number of nitro groups is 1. The van der Waals surface area contributed by atoms with Gasteiger partial charge in [0.05, 0.1) is 31.7 Å². The number of halogens is 2. The largest absolute Gasteiger partial charge is 0.287 e. The summed E-state index contributed by atoms with van der Waals surface area (Å²) in [6.45, 7) is 1.66. The summed E-state index contributed by atoms with van der Waals surface area (Å²) in [6.07, 6.45) is 0. The second-order valence-electron chi connectivity index (χ2n) is 5.05. The fourth-order valence-electron chi connectivity index (χ4n) is 2.23. The summed E-state index contributed by atoms with van der Waals surface area (Å²) in [5.41, 5.74) is 1.77. The van der Waals surface area contributed by atoms with E-state index in [0.717, 1.165) is 0 Å². The molecule has 3 aromatic rings. The molecule has 0 unspecified atom stereocenters. The quantitative estimate of drug-likeness (QED) is 0.392. The minimum absolute atomic E-state index is 0.0886. The molecule has 0 bridgehead atoms. The van der Waals surface area contributed by atoms with E-state index in [4.69, 9.17) is 23.2 Å². The molecule has 2 aromatic carbocycles. The van der Waals surface area contributed by atoms with Crippen LogP contribution in [0, 0.1) is 17.0 Å². The third kappa shape index (κ3) is 2.93. The van der Waals surface area contributed by atoms with Crippen LogP contribution in [0.4, 0.5) is 5.69 Å². The minimum atomic E-state index is -0.527. The van der Waals surface area contributed by atoms with Crippen molar-refractivity contribution in [2.45, 2.75) is 6.92 Å². The molecule has 1 heterocycles. The van der Waals surface area contributed by atoms with Crippen molar-refractivity contribution >= 4 is 45.7 Å². The van der Waals surface area contributed by atoms with E-state index >= 15 is 0 Å². The van der Waals surface area contributed by atoms with Crippen LogP contribution in [0.15, 0.2) is 36.4 Å². The predicted octanol–water partition coefficient (Wildman–Crippen LogP) is 4.38. The van der Waals surface area contributed by atoms with Crippen LogP contribution in [0.25, 0.3) is 11.0 Å². The van der Waals surface area contributed by atoms with Crippen molar-refractivity contribution < 1.29 is 9.72 Å². The van der Waals surface area contributed by atoms with Gasteiger partial charge in [-0.1, -0.05) is 23.2 Å². The monoisotopic (exact) mass is 361 g/mol. The third-order valence-corrected chi connectivity index (χ3v) is 4.16. The number of aryl methyl sites for hydroxylation is 1. The Labute approximate surface area is 146 Å². The van der Waals surface area contributed by atoms with Crippen molar-refractivity contribution in [3.63, 3.8) is 0 Å². The molecule has 0 fully saturated rings. The summed E-state index contributed by atoms with van der Waals surface area (Å²) in [7, 11) is 0. The number of fused-ring (bicyclic) bond motifs is 1. The summed E-state index contributed by atoms with van der Waals surface area (Å²) in [5, 5.41) is 11.4. The van der Waals surface area contributed by atoms with E-state index in [0.29, 0.717) is 26.8 Å². The van der Waals surface area contributed by atoms with Gasteiger partial charge in [-0.25, -0.2) is 9.97 Å². The standard InChI is InChI=1S/C16H9Cl2N3O3/c1-8-15(16(22)9-2-4-10(5-3-9)21(23)24)20-14-7-12(18)11(17)6-13(14)19-8/h2-7H,1H3. The Kier molecular flexibility index (Phi) is 4.17. The Morgan fingerprint density at radius 2 is 1.58 bits per heavy atom.